The van der Waals surface area contributed by atoms with E-state index in [2.05, 4.69) is 21.6 Å². The number of carbonyl (C=O) groups excluding carboxylic acids is 2. The van der Waals surface area contributed by atoms with Gasteiger partial charge in [-0.2, -0.15) is 0 Å². The third-order valence-electron chi connectivity index (χ3n) is 4.86. The molecule has 0 radical (unpaired) electrons. The van der Waals surface area contributed by atoms with Gasteiger partial charge in [0.05, 0.1) is 32.0 Å². The van der Waals surface area contributed by atoms with Crippen LogP contribution in [0.2, 0.25) is 0 Å². The standard InChI is InChI=1S/C22H27N3O5/c1-3-4-5-16-6-7-20(24-11-16)21(26)25-8-9-29-19(14-25)15-30-18-10-17(12-23-13-18)22(27)28-2/h6-7,10-13,19H,3-5,8-9,14-15H2,1-2H3. The number of nitrogens with zero attached hydrogens (tertiary/aromatic N) is 3. The first-order valence-electron chi connectivity index (χ1n) is 10.1. The molecule has 30 heavy (non-hydrogen) atoms. The summed E-state index contributed by atoms with van der Waals surface area (Å²) in [4.78, 5) is 34.5. The van der Waals surface area contributed by atoms with Gasteiger partial charge in [-0.25, -0.2) is 4.79 Å². The molecule has 0 aliphatic carbocycles. The molecule has 3 rings (SSSR count). The van der Waals surface area contributed by atoms with Crippen molar-refractivity contribution in [2.45, 2.75) is 32.3 Å². The van der Waals surface area contributed by atoms with Gasteiger partial charge in [-0.05, 0) is 30.5 Å². The number of methoxy groups -OCH3 is 1. The number of amides is 1. The van der Waals surface area contributed by atoms with Gasteiger partial charge in [0.25, 0.3) is 5.91 Å². The molecule has 8 heteroatoms. The van der Waals surface area contributed by atoms with Gasteiger partial charge in [0, 0.05) is 18.9 Å². The highest BCUT2D eigenvalue weighted by molar-refractivity contribution is 5.92. The van der Waals surface area contributed by atoms with Crippen LogP contribution in [0.5, 0.6) is 5.75 Å². The van der Waals surface area contributed by atoms with Crippen molar-refractivity contribution in [3.63, 3.8) is 0 Å². The minimum absolute atomic E-state index is 0.111. The highest BCUT2D eigenvalue weighted by Crippen LogP contribution is 2.15. The molecular weight excluding hydrogens is 386 g/mol. The van der Waals surface area contributed by atoms with Crippen molar-refractivity contribution in [3.8, 4) is 5.75 Å². The lowest BCUT2D eigenvalue weighted by Gasteiger charge is -2.32. The second-order valence-corrected chi connectivity index (χ2v) is 7.11. The molecule has 1 amide bonds. The highest BCUT2D eigenvalue weighted by atomic mass is 16.5. The third-order valence-corrected chi connectivity index (χ3v) is 4.86. The van der Waals surface area contributed by atoms with Crippen LogP contribution in [0.3, 0.4) is 0 Å². The maximum absolute atomic E-state index is 12.8. The molecule has 8 nitrogen and oxygen atoms in total. The second-order valence-electron chi connectivity index (χ2n) is 7.11. The van der Waals surface area contributed by atoms with E-state index in [4.69, 9.17) is 9.47 Å². The summed E-state index contributed by atoms with van der Waals surface area (Å²) >= 11 is 0. The highest BCUT2D eigenvalue weighted by Gasteiger charge is 2.26. The third kappa shape index (κ3) is 5.76. The van der Waals surface area contributed by atoms with Crippen LogP contribution in [0.15, 0.2) is 36.8 Å². The molecule has 1 saturated heterocycles. The van der Waals surface area contributed by atoms with Crippen LogP contribution in [-0.4, -0.2) is 66.3 Å². The van der Waals surface area contributed by atoms with Crippen molar-refractivity contribution < 1.29 is 23.8 Å². The molecule has 0 spiro atoms. The van der Waals surface area contributed by atoms with Crippen LogP contribution in [0.1, 0.15) is 46.2 Å². The fourth-order valence-corrected chi connectivity index (χ4v) is 3.16. The summed E-state index contributed by atoms with van der Waals surface area (Å²) < 4.78 is 16.1. The first kappa shape index (κ1) is 21.7. The van der Waals surface area contributed by atoms with E-state index in [1.54, 1.807) is 23.2 Å². The minimum atomic E-state index is -0.480. The Balaban J connectivity index is 1.55. The number of esters is 1. The van der Waals surface area contributed by atoms with Gasteiger partial charge in [0.15, 0.2) is 0 Å². The van der Waals surface area contributed by atoms with E-state index in [1.165, 1.54) is 19.5 Å². The van der Waals surface area contributed by atoms with Crippen LogP contribution in [0.4, 0.5) is 0 Å². The molecule has 1 atom stereocenters. The molecule has 3 heterocycles. The van der Waals surface area contributed by atoms with Gasteiger partial charge >= 0.3 is 5.97 Å². The van der Waals surface area contributed by atoms with Gasteiger partial charge in [0.1, 0.15) is 24.2 Å². The Hall–Kier alpha value is -3.00. The molecule has 1 unspecified atom stereocenters. The van der Waals surface area contributed by atoms with Crippen LogP contribution in [0.25, 0.3) is 0 Å². The predicted molar refractivity (Wildman–Crippen MR) is 110 cm³/mol. The smallest absolute Gasteiger partial charge is 0.339 e. The zero-order chi connectivity index (χ0) is 21.3. The Morgan fingerprint density at radius 1 is 1.27 bits per heavy atom. The summed E-state index contributed by atoms with van der Waals surface area (Å²) in [7, 11) is 1.31. The number of aromatic nitrogens is 2. The van der Waals surface area contributed by atoms with Crippen LogP contribution < -0.4 is 4.74 Å². The summed E-state index contributed by atoms with van der Waals surface area (Å²) in [6, 6.07) is 5.32. The summed E-state index contributed by atoms with van der Waals surface area (Å²) in [5, 5.41) is 0. The molecule has 1 aliphatic rings. The van der Waals surface area contributed by atoms with E-state index in [9.17, 15) is 9.59 Å². The Kier molecular flexibility index (Phi) is 7.73. The first-order chi connectivity index (χ1) is 14.6. The molecule has 0 bridgehead atoms. The second kappa shape index (κ2) is 10.7. The van der Waals surface area contributed by atoms with E-state index < -0.39 is 5.97 Å². The van der Waals surface area contributed by atoms with Gasteiger partial charge in [-0.1, -0.05) is 19.4 Å². The zero-order valence-corrected chi connectivity index (χ0v) is 17.4. The molecule has 1 aliphatic heterocycles. The van der Waals surface area contributed by atoms with Crippen LogP contribution >= 0.6 is 0 Å². The lowest BCUT2D eigenvalue weighted by atomic mass is 10.1. The maximum Gasteiger partial charge on any atom is 0.339 e. The Morgan fingerprint density at radius 2 is 2.13 bits per heavy atom. The van der Waals surface area contributed by atoms with Gasteiger partial charge in [-0.15, -0.1) is 0 Å². The van der Waals surface area contributed by atoms with Gasteiger partial charge in [-0.3, -0.25) is 14.8 Å². The van der Waals surface area contributed by atoms with Crippen LogP contribution in [-0.2, 0) is 15.9 Å². The Labute approximate surface area is 176 Å². The normalized spacial score (nSPS) is 16.2. The average Bonchev–Trinajstić information content (AvgIpc) is 2.81. The number of hydrogen-bond donors (Lipinski definition) is 0. The molecule has 160 valence electrons. The predicted octanol–water partition coefficient (Wildman–Crippen LogP) is 2.53. The van der Waals surface area contributed by atoms with E-state index >= 15 is 0 Å². The molecule has 0 saturated carbocycles. The fourth-order valence-electron chi connectivity index (χ4n) is 3.16. The average molecular weight is 413 g/mol. The van der Waals surface area contributed by atoms with E-state index in [0.717, 1.165) is 24.8 Å². The quantitative estimate of drug-likeness (QED) is 0.614. The summed E-state index contributed by atoms with van der Waals surface area (Å²) in [5.74, 6) is -0.152. The van der Waals surface area contributed by atoms with Crippen molar-refractivity contribution in [1.29, 1.82) is 0 Å². The first-order valence-corrected chi connectivity index (χ1v) is 10.1. The fraction of sp³-hybridized carbons (Fsp3) is 0.455. The van der Waals surface area contributed by atoms with Crippen molar-refractivity contribution in [2.75, 3.05) is 33.4 Å². The van der Waals surface area contributed by atoms with Crippen molar-refractivity contribution >= 4 is 11.9 Å². The summed E-state index contributed by atoms with van der Waals surface area (Å²) in [5.41, 5.74) is 1.89. The van der Waals surface area contributed by atoms with Gasteiger partial charge < -0.3 is 19.1 Å². The Bertz CT molecular complexity index is 856. The number of pyridine rings is 2. The van der Waals surface area contributed by atoms with Crippen molar-refractivity contribution in [1.82, 2.24) is 14.9 Å². The molecule has 2 aromatic heterocycles. The molecule has 1 fully saturated rings. The number of unbranched alkanes of at least 4 members (excludes halogenated alkanes) is 1. The lowest BCUT2D eigenvalue weighted by molar-refractivity contribution is -0.0403. The summed E-state index contributed by atoms with van der Waals surface area (Å²) in [6.07, 6.45) is 7.64. The minimum Gasteiger partial charge on any atom is -0.489 e. The number of rotatable bonds is 8. The SMILES string of the molecule is CCCCc1ccc(C(=O)N2CCOC(COc3cncc(C(=O)OC)c3)C2)nc1. The Morgan fingerprint density at radius 3 is 2.87 bits per heavy atom. The van der Waals surface area contributed by atoms with Crippen LogP contribution in [0, 0.1) is 0 Å². The largest absolute Gasteiger partial charge is 0.489 e. The maximum atomic E-state index is 12.8. The number of hydrogen-bond acceptors (Lipinski definition) is 7. The number of morpholine rings is 1. The number of aryl methyl sites for hydroxylation is 1. The van der Waals surface area contributed by atoms with Crippen molar-refractivity contribution in [3.05, 3.63) is 53.6 Å². The van der Waals surface area contributed by atoms with Crippen molar-refractivity contribution in [2.24, 2.45) is 0 Å². The zero-order valence-electron chi connectivity index (χ0n) is 17.4. The summed E-state index contributed by atoms with van der Waals surface area (Å²) in [6.45, 7) is 3.72. The molecule has 0 N–H and O–H groups in total. The lowest BCUT2D eigenvalue weighted by Crippen LogP contribution is -2.47. The van der Waals surface area contributed by atoms with E-state index in [1.807, 2.05) is 6.07 Å². The van der Waals surface area contributed by atoms with Gasteiger partial charge in [0.2, 0.25) is 0 Å². The molecule has 0 aromatic carbocycles. The number of carbonyl (C=O) groups is 2. The topological polar surface area (TPSA) is 90.9 Å². The molecule has 2 aromatic rings. The van der Waals surface area contributed by atoms with E-state index in [0.29, 0.717) is 36.7 Å². The molecular formula is C22H27N3O5. The van der Waals surface area contributed by atoms with E-state index in [-0.39, 0.29) is 18.6 Å². The number of ether oxygens (including phenoxy) is 3. The monoisotopic (exact) mass is 413 g/mol.